The highest BCUT2D eigenvalue weighted by Crippen LogP contribution is 2.31. The second-order valence-corrected chi connectivity index (χ2v) is 5.27. The van der Waals surface area contributed by atoms with Gasteiger partial charge in [0.2, 0.25) is 0 Å². The Morgan fingerprint density at radius 1 is 1.29 bits per heavy atom. The minimum atomic E-state index is 0.199. The maximum atomic E-state index is 5.65. The van der Waals surface area contributed by atoms with Gasteiger partial charge in [-0.2, -0.15) is 0 Å². The van der Waals surface area contributed by atoms with Gasteiger partial charge >= 0.3 is 0 Å². The van der Waals surface area contributed by atoms with Gasteiger partial charge in [-0.05, 0) is 55.5 Å². The second kappa shape index (κ2) is 5.52. The SMILES string of the molecule is CCCNC(c1occc1C)c1sccc1C. The van der Waals surface area contributed by atoms with E-state index < -0.39 is 0 Å². The fourth-order valence-electron chi connectivity index (χ4n) is 1.95. The molecule has 0 aromatic carbocycles. The van der Waals surface area contributed by atoms with E-state index in [0.717, 1.165) is 18.7 Å². The lowest BCUT2D eigenvalue weighted by Crippen LogP contribution is -2.23. The summed E-state index contributed by atoms with van der Waals surface area (Å²) in [5.74, 6) is 1.05. The summed E-state index contributed by atoms with van der Waals surface area (Å²) in [6.45, 7) is 7.44. The van der Waals surface area contributed by atoms with Crippen LogP contribution in [-0.4, -0.2) is 6.54 Å². The van der Waals surface area contributed by atoms with E-state index in [9.17, 15) is 0 Å². The van der Waals surface area contributed by atoms with Crippen molar-refractivity contribution in [3.8, 4) is 0 Å². The molecule has 2 nitrogen and oxygen atoms in total. The van der Waals surface area contributed by atoms with Crippen LogP contribution in [0, 0.1) is 13.8 Å². The fraction of sp³-hybridized carbons (Fsp3) is 0.429. The summed E-state index contributed by atoms with van der Waals surface area (Å²) < 4.78 is 5.65. The molecule has 2 aromatic rings. The molecule has 0 fully saturated rings. The molecule has 92 valence electrons. The predicted molar refractivity (Wildman–Crippen MR) is 72.6 cm³/mol. The zero-order valence-electron chi connectivity index (χ0n) is 10.6. The van der Waals surface area contributed by atoms with Crippen molar-refractivity contribution in [2.75, 3.05) is 6.54 Å². The van der Waals surface area contributed by atoms with Gasteiger partial charge in [0, 0.05) is 4.88 Å². The molecule has 2 aromatic heterocycles. The zero-order chi connectivity index (χ0) is 12.3. The molecule has 3 heteroatoms. The summed E-state index contributed by atoms with van der Waals surface area (Å²) in [6.07, 6.45) is 2.90. The van der Waals surface area contributed by atoms with Crippen molar-refractivity contribution in [2.45, 2.75) is 33.2 Å². The first-order chi connectivity index (χ1) is 8.24. The van der Waals surface area contributed by atoms with E-state index in [2.05, 4.69) is 37.5 Å². The Morgan fingerprint density at radius 2 is 2.12 bits per heavy atom. The summed E-state index contributed by atoms with van der Waals surface area (Å²) in [6, 6.07) is 4.39. The summed E-state index contributed by atoms with van der Waals surface area (Å²) in [7, 11) is 0. The molecule has 1 N–H and O–H groups in total. The number of thiophene rings is 1. The van der Waals surface area contributed by atoms with Crippen LogP contribution in [0.5, 0.6) is 0 Å². The molecular formula is C14H19NOS. The van der Waals surface area contributed by atoms with Crippen LogP contribution in [0.1, 0.15) is 41.2 Å². The molecule has 0 bridgehead atoms. The van der Waals surface area contributed by atoms with Crippen molar-refractivity contribution in [2.24, 2.45) is 0 Å². The monoisotopic (exact) mass is 249 g/mol. The molecule has 0 saturated carbocycles. The number of rotatable bonds is 5. The van der Waals surface area contributed by atoms with Gasteiger partial charge < -0.3 is 9.73 Å². The molecule has 1 atom stereocenters. The predicted octanol–water partition coefficient (Wildman–Crippen LogP) is 4.05. The van der Waals surface area contributed by atoms with Crippen LogP contribution < -0.4 is 5.32 Å². The molecule has 2 heterocycles. The standard InChI is InChI=1S/C14H19NOS/c1-4-7-15-12(13-10(2)5-8-16-13)14-11(3)6-9-17-14/h5-6,8-9,12,15H,4,7H2,1-3H3. The van der Waals surface area contributed by atoms with Crippen LogP contribution in [0.4, 0.5) is 0 Å². The molecule has 2 rings (SSSR count). The Balaban J connectivity index is 2.32. The maximum absolute atomic E-state index is 5.65. The van der Waals surface area contributed by atoms with E-state index in [-0.39, 0.29) is 6.04 Å². The highest BCUT2D eigenvalue weighted by atomic mass is 32.1. The van der Waals surface area contributed by atoms with Gasteiger partial charge in [-0.3, -0.25) is 0 Å². The van der Waals surface area contributed by atoms with Gasteiger partial charge in [0.05, 0.1) is 6.26 Å². The van der Waals surface area contributed by atoms with E-state index in [1.807, 2.05) is 6.07 Å². The van der Waals surface area contributed by atoms with Crippen LogP contribution in [0.3, 0.4) is 0 Å². The van der Waals surface area contributed by atoms with Crippen molar-refractivity contribution >= 4 is 11.3 Å². The molecule has 0 spiro atoms. The van der Waals surface area contributed by atoms with Crippen molar-refractivity contribution in [1.29, 1.82) is 0 Å². The largest absolute Gasteiger partial charge is 0.467 e. The van der Waals surface area contributed by atoms with Crippen LogP contribution >= 0.6 is 11.3 Å². The Morgan fingerprint density at radius 3 is 2.65 bits per heavy atom. The van der Waals surface area contributed by atoms with Gasteiger partial charge in [-0.1, -0.05) is 6.92 Å². The van der Waals surface area contributed by atoms with Crippen LogP contribution in [0.15, 0.2) is 28.2 Å². The average Bonchev–Trinajstić information content (AvgIpc) is 2.90. The summed E-state index contributed by atoms with van der Waals surface area (Å²) in [5, 5.41) is 5.71. The van der Waals surface area contributed by atoms with Crippen molar-refractivity contribution in [1.82, 2.24) is 5.32 Å². The van der Waals surface area contributed by atoms with Gasteiger partial charge in [0.15, 0.2) is 0 Å². The topological polar surface area (TPSA) is 25.2 Å². The Bertz CT molecular complexity index is 432. The van der Waals surface area contributed by atoms with Gasteiger partial charge in [-0.15, -0.1) is 11.3 Å². The molecule has 0 aliphatic heterocycles. The number of hydrogen-bond donors (Lipinski definition) is 1. The van der Waals surface area contributed by atoms with Crippen LogP contribution in [0.2, 0.25) is 0 Å². The van der Waals surface area contributed by atoms with Crippen molar-refractivity contribution < 1.29 is 4.42 Å². The van der Waals surface area contributed by atoms with Crippen molar-refractivity contribution in [3.63, 3.8) is 0 Å². The second-order valence-electron chi connectivity index (χ2n) is 4.32. The lowest BCUT2D eigenvalue weighted by molar-refractivity contribution is 0.446. The van der Waals surface area contributed by atoms with Crippen LogP contribution in [-0.2, 0) is 0 Å². The van der Waals surface area contributed by atoms with Gasteiger partial charge in [-0.25, -0.2) is 0 Å². The number of furan rings is 1. The number of hydrogen-bond acceptors (Lipinski definition) is 3. The number of aryl methyl sites for hydroxylation is 2. The Labute approximate surface area is 107 Å². The maximum Gasteiger partial charge on any atom is 0.128 e. The molecular weight excluding hydrogens is 230 g/mol. The lowest BCUT2D eigenvalue weighted by Gasteiger charge is -2.17. The zero-order valence-corrected chi connectivity index (χ0v) is 11.4. The lowest BCUT2D eigenvalue weighted by atomic mass is 10.1. The van der Waals surface area contributed by atoms with E-state index in [1.165, 1.54) is 16.0 Å². The first-order valence-corrected chi connectivity index (χ1v) is 6.93. The minimum Gasteiger partial charge on any atom is -0.467 e. The highest BCUT2D eigenvalue weighted by molar-refractivity contribution is 7.10. The number of nitrogens with one attached hydrogen (secondary N) is 1. The van der Waals surface area contributed by atoms with E-state index in [1.54, 1.807) is 17.6 Å². The third-order valence-corrected chi connectivity index (χ3v) is 4.01. The first-order valence-electron chi connectivity index (χ1n) is 6.05. The molecule has 0 aliphatic carbocycles. The van der Waals surface area contributed by atoms with E-state index in [4.69, 9.17) is 4.42 Å². The fourth-order valence-corrected chi connectivity index (χ4v) is 2.95. The normalized spacial score (nSPS) is 12.9. The summed E-state index contributed by atoms with van der Waals surface area (Å²) in [5.41, 5.74) is 2.55. The molecule has 1 unspecified atom stereocenters. The quantitative estimate of drug-likeness (QED) is 0.865. The van der Waals surface area contributed by atoms with Gasteiger partial charge in [0.1, 0.15) is 11.8 Å². The Kier molecular flexibility index (Phi) is 4.02. The molecule has 0 aliphatic rings. The Hall–Kier alpha value is -1.06. The smallest absolute Gasteiger partial charge is 0.128 e. The average molecular weight is 249 g/mol. The van der Waals surface area contributed by atoms with Gasteiger partial charge in [0.25, 0.3) is 0 Å². The van der Waals surface area contributed by atoms with E-state index in [0.29, 0.717) is 0 Å². The van der Waals surface area contributed by atoms with E-state index >= 15 is 0 Å². The molecule has 0 saturated heterocycles. The highest BCUT2D eigenvalue weighted by Gasteiger charge is 2.21. The summed E-state index contributed by atoms with van der Waals surface area (Å²) >= 11 is 1.79. The third-order valence-electron chi connectivity index (χ3n) is 2.93. The molecule has 17 heavy (non-hydrogen) atoms. The molecule has 0 amide bonds. The third kappa shape index (κ3) is 2.61. The van der Waals surface area contributed by atoms with Crippen molar-refractivity contribution in [3.05, 3.63) is 45.5 Å². The van der Waals surface area contributed by atoms with Crippen LogP contribution in [0.25, 0.3) is 0 Å². The minimum absolute atomic E-state index is 0.199. The molecule has 0 radical (unpaired) electrons. The summed E-state index contributed by atoms with van der Waals surface area (Å²) in [4.78, 5) is 1.36. The first kappa shape index (κ1) is 12.4.